The number of hydrogen-bond donors (Lipinski definition) is 0. The van der Waals surface area contributed by atoms with Gasteiger partial charge in [0.15, 0.2) is 0 Å². The number of para-hydroxylation sites is 1. The molecular weight excluding hydrogens is 308 g/mol. The van der Waals surface area contributed by atoms with Crippen molar-refractivity contribution in [2.75, 3.05) is 4.90 Å². The summed E-state index contributed by atoms with van der Waals surface area (Å²) in [5, 5.41) is 0. The van der Waals surface area contributed by atoms with Gasteiger partial charge >= 0.3 is 0 Å². The van der Waals surface area contributed by atoms with Crippen molar-refractivity contribution in [2.24, 2.45) is 0 Å². The number of nitrogens with zero attached hydrogens (tertiary/aromatic N) is 2. The van der Waals surface area contributed by atoms with E-state index in [0.29, 0.717) is 6.54 Å². The van der Waals surface area contributed by atoms with Crippen LogP contribution in [0.1, 0.15) is 23.6 Å². The molecule has 0 N–H and O–H groups in total. The van der Waals surface area contributed by atoms with E-state index in [0.717, 1.165) is 24.1 Å². The Labute approximate surface area is 148 Å². The van der Waals surface area contributed by atoms with Gasteiger partial charge in [-0.1, -0.05) is 30.3 Å². The first kappa shape index (κ1) is 15.6. The monoisotopic (exact) mass is 328 g/mol. The van der Waals surface area contributed by atoms with Gasteiger partial charge in [-0.05, 0) is 64.9 Å². The van der Waals surface area contributed by atoms with Crippen LogP contribution in [-0.2, 0) is 24.2 Å². The maximum absolute atomic E-state index is 12.3. The Morgan fingerprint density at radius 2 is 1.64 bits per heavy atom. The lowest BCUT2D eigenvalue weighted by Crippen LogP contribution is -2.30. The fourth-order valence-corrected chi connectivity index (χ4v) is 3.53. The van der Waals surface area contributed by atoms with Crippen LogP contribution in [0.25, 0.3) is 11.1 Å². The van der Waals surface area contributed by atoms with Crippen LogP contribution in [0.5, 0.6) is 0 Å². The van der Waals surface area contributed by atoms with E-state index in [1.165, 1.54) is 22.3 Å². The van der Waals surface area contributed by atoms with Crippen LogP contribution in [-0.4, -0.2) is 10.9 Å². The minimum atomic E-state index is 0.0783. The molecule has 0 saturated heterocycles. The van der Waals surface area contributed by atoms with Crippen molar-refractivity contribution in [2.45, 2.75) is 26.3 Å². The molecule has 0 saturated carbocycles. The Morgan fingerprint density at radius 1 is 0.880 bits per heavy atom. The highest BCUT2D eigenvalue weighted by molar-refractivity contribution is 5.92. The van der Waals surface area contributed by atoms with E-state index in [1.54, 1.807) is 6.92 Å². The molecule has 1 aliphatic heterocycles. The lowest BCUT2D eigenvalue weighted by molar-refractivity contribution is -0.116. The van der Waals surface area contributed by atoms with Crippen LogP contribution in [0, 0.1) is 0 Å². The molecule has 0 unspecified atom stereocenters. The van der Waals surface area contributed by atoms with Crippen LogP contribution < -0.4 is 4.90 Å². The number of aromatic nitrogens is 1. The quantitative estimate of drug-likeness (QED) is 0.663. The molecule has 25 heavy (non-hydrogen) atoms. The number of hydrogen-bond acceptors (Lipinski definition) is 2. The van der Waals surface area contributed by atoms with Gasteiger partial charge in [-0.3, -0.25) is 9.78 Å². The molecule has 0 spiro atoms. The Balaban J connectivity index is 1.78. The predicted molar refractivity (Wildman–Crippen MR) is 100 cm³/mol. The molecule has 3 nitrogen and oxygen atoms in total. The van der Waals surface area contributed by atoms with Crippen molar-refractivity contribution in [3.63, 3.8) is 0 Å². The highest BCUT2D eigenvalue weighted by Crippen LogP contribution is 2.30. The van der Waals surface area contributed by atoms with Gasteiger partial charge in [-0.2, -0.15) is 0 Å². The van der Waals surface area contributed by atoms with Crippen molar-refractivity contribution in [1.82, 2.24) is 4.98 Å². The van der Waals surface area contributed by atoms with Crippen LogP contribution in [0.4, 0.5) is 5.69 Å². The zero-order valence-corrected chi connectivity index (χ0v) is 14.3. The van der Waals surface area contributed by atoms with Crippen LogP contribution in [0.3, 0.4) is 0 Å². The maximum atomic E-state index is 12.3. The number of aryl methyl sites for hydroxylation is 2. The zero-order valence-electron chi connectivity index (χ0n) is 14.3. The molecule has 3 heteroatoms. The fourth-order valence-electron chi connectivity index (χ4n) is 3.53. The van der Waals surface area contributed by atoms with E-state index in [1.807, 2.05) is 41.6 Å². The molecule has 0 bridgehead atoms. The smallest absolute Gasteiger partial charge is 0.224 e. The standard InChI is InChI=1S/C22H20N2O/c1-16(25)24-15-21-14-20(18-10-12-23-13-11-18)9-7-17(21)6-8-19-4-2-3-5-22(19)24/h2-5,7,9-14H,6,8,15H2,1H3. The first-order valence-corrected chi connectivity index (χ1v) is 8.60. The molecule has 0 fully saturated rings. The summed E-state index contributed by atoms with van der Waals surface area (Å²) in [6, 6.07) is 18.9. The molecule has 2 heterocycles. The van der Waals surface area contributed by atoms with Gasteiger partial charge in [0, 0.05) is 25.0 Å². The molecule has 4 rings (SSSR count). The third-order valence-electron chi connectivity index (χ3n) is 4.87. The highest BCUT2D eigenvalue weighted by atomic mass is 16.2. The van der Waals surface area contributed by atoms with E-state index in [9.17, 15) is 4.79 Å². The Morgan fingerprint density at radius 3 is 2.44 bits per heavy atom. The van der Waals surface area contributed by atoms with Gasteiger partial charge in [-0.25, -0.2) is 0 Å². The average Bonchev–Trinajstić information content (AvgIpc) is 2.64. The van der Waals surface area contributed by atoms with E-state index in [-0.39, 0.29) is 5.91 Å². The normalized spacial score (nSPS) is 13.4. The number of carbonyl (C=O) groups is 1. The van der Waals surface area contributed by atoms with Crippen LogP contribution in [0.2, 0.25) is 0 Å². The molecule has 124 valence electrons. The van der Waals surface area contributed by atoms with Gasteiger partial charge in [0.25, 0.3) is 0 Å². The minimum absolute atomic E-state index is 0.0783. The SMILES string of the molecule is CC(=O)N1Cc2cc(-c3ccncc3)ccc2CCc2ccccc21. The lowest BCUT2D eigenvalue weighted by Gasteiger charge is -2.28. The van der Waals surface area contributed by atoms with Crippen molar-refractivity contribution >= 4 is 11.6 Å². The van der Waals surface area contributed by atoms with E-state index in [4.69, 9.17) is 0 Å². The van der Waals surface area contributed by atoms with Crippen molar-refractivity contribution < 1.29 is 4.79 Å². The van der Waals surface area contributed by atoms with Gasteiger partial charge < -0.3 is 4.90 Å². The van der Waals surface area contributed by atoms with Gasteiger partial charge in [0.1, 0.15) is 0 Å². The molecule has 1 aliphatic rings. The molecule has 1 aromatic heterocycles. The second kappa shape index (κ2) is 6.52. The van der Waals surface area contributed by atoms with Crippen molar-refractivity contribution in [3.05, 3.63) is 83.7 Å². The third kappa shape index (κ3) is 3.05. The summed E-state index contributed by atoms with van der Waals surface area (Å²) in [7, 11) is 0. The summed E-state index contributed by atoms with van der Waals surface area (Å²) in [6.45, 7) is 2.26. The van der Waals surface area contributed by atoms with E-state index < -0.39 is 0 Å². The summed E-state index contributed by atoms with van der Waals surface area (Å²) < 4.78 is 0. The first-order chi connectivity index (χ1) is 12.2. The average molecular weight is 328 g/mol. The maximum Gasteiger partial charge on any atom is 0.224 e. The number of rotatable bonds is 1. The molecule has 0 aliphatic carbocycles. The van der Waals surface area contributed by atoms with Crippen LogP contribution >= 0.6 is 0 Å². The predicted octanol–water partition coefficient (Wildman–Crippen LogP) is 4.40. The second-order valence-corrected chi connectivity index (χ2v) is 6.45. The topological polar surface area (TPSA) is 33.2 Å². The van der Waals surface area contributed by atoms with Gasteiger partial charge in [-0.15, -0.1) is 0 Å². The summed E-state index contributed by atoms with van der Waals surface area (Å²) >= 11 is 0. The van der Waals surface area contributed by atoms with E-state index in [2.05, 4.69) is 35.3 Å². The second-order valence-electron chi connectivity index (χ2n) is 6.45. The summed E-state index contributed by atoms with van der Waals surface area (Å²) in [5.74, 6) is 0.0783. The largest absolute Gasteiger partial charge is 0.308 e. The van der Waals surface area contributed by atoms with Crippen molar-refractivity contribution in [3.8, 4) is 11.1 Å². The molecule has 1 amide bonds. The Bertz CT molecular complexity index is 918. The molecular formula is C22H20N2O. The molecule has 2 aromatic carbocycles. The number of carbonyl (C=O) groups excluding carboxylic acids is 1. The van der Waals surface area contributed by atoms with E-state index >= 15 is 0 Å². The lowest BCUT2D eigenvalue weighted by atomic mass is 9.92. The first-order valence-electron chi connectivity index (χ1n) is 8.60. The third-order valence-corrected chi connectivity index (χ3v) is 4.87. The molecule has 0 radical (unpaired) electrons. The van der Waals surface area contributed by atoms with Crippen molar-refractivity contribution in [1.29, 1.82) is 0 Å². The minimum Gasteiger partial charge on any atom is -0.308 e. The number of amides is 1. The number of anilines is 1. The summed E-state index contributed by atoms with van der Waals surface area (Å²) in [6.07, 6.45) is 5.56. The fraction of sp³-hybridized carbons (Fsp3) is 0.182. The summed E-state index contributed by atoms with van der Waals surface area (Å²) in [4.78, 5) is 18.3. The molecule has 0 atom stereocenters. The Hall–Kier alpha value is -2.94. The zero-order chi connectivity index (χ0) is 17.2. The van der Waals surface area contributed by atoms with Crippen LogP contribution in [0.15, 0.2) is 67.0 Å². The van der Waals surface area contributed by atoms with Gasteiger partial charge in [0.05, 0.1) is 6.54 Å². The highest BCUT2D eigenvalue weighted by Gasteiger charge is 2.20. The summed E-state index contributed by atoms with van der Waals surface area (Å²) in [5.41, 5.74) is 7.13. The Kier molecular flexibility index (Phi) is 4.06. The number of benzene rings is 2. The number of fused-ring (bicyclic) bond motifs is 2. The number of pyridine rings is 1. The molecule has 3 aromatic rings. The van der Waals surface area contributed by atoms with Gasteiger partial charge in [0.2, 0.25) is 5.91 Å².